The summed E-state index contributed by atoms with van der Waals surface area (Å²) in [6.45, 7) is 0.554. The highest BCUT2D eigenvalue weighted by atomic mass is 16.1. The highest BCUT2D eigenvalue weighted by Gasteiger charge is 2.18. The number of aromatic nitrogens is 3. The lowest BCUT2D eigenvalue weighted by molar-refractivity contribution is 0.0955. The number of amides is 1. The molecule has 2 aromatic carbocycles. The van der Waals surface area contributed by atoms with E-state index in [2.05, 4.69) is 32.4 Å². The molecule has 0 saturated carbocycles. The van der Waals surface area contributed by atoms with Gasteiger partial charge in [-0.1, -0.05) is 60.7 Å². The van der Waals surface area contributed by atoms with Crippen LogP contribution in [0.1, 0.15) is 15.9 Å². The Hall–Kier alpha value is -3.93. The van der Waals surface area contributed by atoms with E-state index in [0.717, 1.165) is 17.7 Å². The van der Waals surface area contributed by atoms with E-state index in [0.29, 0.717) is 23.5 Å². The fraction of sp³-hybridized carbons (Fsp3) is 0.0870. The van der Waals surface area contributed by atoms with Crippen LogP contribution < -0.4 is 11.1 Å². The van der Waals surface area contributed by atoms with Gasteiger partial charge in [0.2, 0.25) is 5.95 Å². The number of rotatable bonds is 6. The molecule has 0 aliphatic carbocycles. The molecule has 0 aliphatic heterocycles. The van der Waals surface area contributed by atoms with Gasteiger partial charge in [0, 0.05) is 12.7 Å². The summed E-state index contributed by atoms with van der Waals surface area (Å²) in [6.07, 6.45) is 2.37. The number of carbonyl (C=O) groups excluding carboxylic acids is 1. The Morgan fingerprint density at radius 2 is 1.72 bits per heavy atom. The van der Waals surface area contributed by atoms with Crippen molar-refractivity contribution in [2.75, 3.05) is 12.3 Å². The average Bonchev–Trinajstić information content (AvgIpc) is 3.21. The molecule has 4 rings (SSSR count). The van der Waals surface area contributed by atoms with Gasteiger partial charge in [-0.25, -0.2) is 9.97 Å². The van der Waals surface area contributed by atoms with Crippen LogP contribution in [0.2, 0.25) is 0 Å². The lowest BCUT2D eigenvalue weighted by Gasteiger charge is -2.07. The van der Waals surface area contributed by atoms with Crippen molar-refractivity contribution in [2.45, 2.75) is 6.42 Å². The minimum atomic E-state index is -0.135. The van der Waals surface area contributed by atoms with Gasteiger partial charge >= 0.3 is 0 Å². The molecule has 29 heavy (non-hydrogen) atoms. The van der Waals surface area contributed by atoms with E-state index in [4.69, 9.17) is 5.73 Å². The monoisotopic (exact) mass is 383 g/mol. The maximum absolute atomic E-state index is 13.0. The van der Waals surface area contributed by atoms with Crippen LogP contribution in [0.25, 0.3) is 22.6 Å². The zero-order valence-corrected chi connectivity index (χ0v) is 15.8. The number of nitrogen functional groups attached to an aromatic ring is 1. The van der Waals surface area contributed by atoms with Crippen molar-refractivity contribution in [1.82, 2.24) is 20.3 Å². The zero-order valence-electron chi connectivity index (χ0n) is 15.8. The normalized spacial score (nSPS) is 10.6. The molecule has 144 valence electrons. The Bertz CT molecular complexity index is 1110. The molecule has 4 aromatic rings. The quantitative estimate of drug-likeness (QED) is 0.473. The van der Waals surface area contributed by atoms with Crippen LogP contribution in [0.4, 0.5) is 5.95 Å². The van der Waals surface area contributed by atoms with Crippen molar-refractivity contribution >= 4 is 11.9 Å². The molecule has 6 heteroatoms. The molecule has 0 atom stereocenters. The molecule has 6 nitrogen and oxygen atoms in total. The van der Waals surface area contributed by atoms with Gasteiger partial charge in [-0.05, 0) is 29.7 Å². The minimum absolute atomic E-state index is 0.135. The van der Waals surface area contributed by atoms with Crippen molar-refractivity contribution in [1.29, 1.82) is 0 Å². The van der Waals surface area contributed by atoms with Crippen molar-refractivity contribution in [3.8, 4) is 22.6 Å². The summed E-state index contributed by atoms with van der Waals surface area (Å²) in [4.78, 5) is 24.5. The lowest BCUT2D eigenvalue weighted by atomic mass is 10.1. The Morgan fingerprint density at radius 1 is 1.00 bits per heavy atom. The molecule has 2 heterocycles. The third-order valence-corrected chi connectivity index (χ3v) is 4.62. The first kappa shape index (κ1) is 18.4. The van der Waals surface area contributed by atoms with E-state index < -0.39 is 0 Å². The van der Waals surface area contributed by atoms with Crippen LogP contribution in [-0.2, 0) is 6.42 Å². The predicted octanol–water partition coefficient (Wildman–Crippen LogP) is 3.69. The van der Waals surface area contributed by atoms with Crippen molar-refractivity contribution < 1.29 is 4.79 Å². The first-order valence-corrected chi connectivity index (χ1v) is 9.40. The maximum atomic E-state index is 13.0. The summed E-state index contributed by atoms with van der Waals surface area (Å²) in [7, 11) is 0. The van der Waals surface area contributed by atoms with Gasteiger partial charge in [0.15, 0.2) is 0 Å². The fourth-order valence-corrected chi connectivity index (χ4v) is 3.19. The summed E-state index contributed by atoms with van der Waals surface area (Å²) < 4.78 is 0. The second-order valence-electron chi connectivity index (χ2n) is 6.63. The molecule has 1 amide bonds. The summed E-state index contributed by atoms with van der Waals surface area (Å²) in [6, 6.07) is 23.4. The number of aromatic amines is 1. The Morgan fingerprint density at radius 3 is 2.45 bits per heavy atom. The highest BCUT2D eigenvalue weighted by Crippen LogP contribution is 2.28. The van der Waals surface area contributed by atoms with Crippen molar-refractivity contribution in [3.63, 3.8) is 0 Å². The second kappa shape index (κ2) is 8.39. The molecule has 0 fully saturated rings. The van der Waals surface area contributed by atoms with E-state index in [1.807, 2.05) is 54.6 Å². The summed E-state index contributed by atoms with van der Waals surface area (Å²) >= 11 is 0. The highest BCUT2D eigenvalue weighted by molar-refractivity contribution is 6.01. The third kappa shape index (κ3) is 4.32. The number of hydrogen-bond acceptors (Lipinski definition) is 4. The number of anilines is 1. The van der Waals surface area contributed by atoms with Gasteiger partial charge in [0.05, 0.1) is 22.6 Å². The SMILES string of the molecule is Nc1nccc(-c2cc(C(=O)NCCc3ccccc3)c(-c3ccccc3)[nH]2)n1. The Labute approximate surface area is 168 Å². The maximum Gasteiger partial charge on any atom is 0.253 e. The first-order chi connectivity index (χ1) is 14.2. The van der Waals surface area contributed by atoms with Gasteiger partial charge in [-0.15, -0.1) is 0 Å². The molecule has 0 spiro atoms. The van der Waals surface area contributed by atoms with Crippen LogP contribution in [0.15, 0.2) is 79.0 Å². The van der Waals surface area contributed by atoms with Gasteiger partial charge in [-0.2, -0.15) is 0 Å². The standard InChI is InChI=1S/C23H21N5O/c24-23-26-14-12-19(28-23)20-15-18(21(27-20)17-9-5-2-6-10-17)22(29)25-13-11-16-7-3-1-4-8-16/h1-10,12,14-15,27H,11,13H2,(H,25,29)(H2,24,26,28). The van der Waals surface area contributed by atoms with Crippen LogP contribution in [0, 0.1) is 0 Å². The van der Waals surface area contributed by atoms with Crippen LogP contribution in [-0.4, -0.2) is 27.4 Å². The van der Waals surface area contributed by atoms with Gasteiger partial charge in [0.25, 0.3) is 5.91 Å². The topological polar surface area (TPSA) is 96.7 Å². The van der Waals surface area contributed by atoms with Crippen molar-refractivity contribution in [3.05, 3.63) is 90.1 Å². The smallest absolute Gasteiger partial charge is 0.253 e. The van der Waals surface area contributed by atoms with E-state index in [1.54, 1.807) is 12.3 Å². The number of H-pyrrole nitrogens is 1. The van der Waals surface area contributed by atoms with Crippen LogP contribution in [0.5, 0.6) is 0 Å². The molecule has 2 aromatic heterocycles. The summed E-state index contributed by atoms with van der Waals surface area (Å²) in [5, 5.41) is 3.02. The first-order valence-electron chi connectivity index (χ1n) is 9.40. The molecular weight excluding hydrogens is 362 g/mol. The molecule has 0 saturated heterocycles. The molecule has 0 radical (unpaired) electrons. The van der Waals surface area contributed by atoms with Crippen LogP contribution >= 0.6 is 0 Å². The van der Waals surface area contributed by atoms with E-state index in [-0.39, 0.29) is 11.9 Å². The number of carbonyl (C=O) groups is 1. The number of nitrogens with two attached hydrogens (primary N) is 1. The predicted molar refractivity (Wildman–Crippen MR) is 114 cm³/mol. The number of nitrogens with zero attached hydrogens (tertiary/aromatic N) is 2. The molecular formula is C23H21N5O. The molecule has 4 N–H and O–H groups in total. The third-order valence-electron chi connectivity index (χ3n) is 4.62. The summed E-state index contributed by atoms with van der Waals surface area (Å²) in [5.41, 5.74) is 10.5. The lowest BCUT2D eigenvalue weighted by Crippen LogP contribution is -2.25. The minimum Gasteiger partial charge on any atom is -0.368 e. The fourth-order valence-electron chi connectivity index (χ4n) is 3.19. The summed E-state index contributed by atoms with van der Waals surface area (Å²) in [5.74, 6) is 0.0523. The van der Waals surface area contributed by atoms with E-state index in [1.165, 1.54) is 5.56 Å². The number of hydrogen-bond donors (Lipinski definition) is 3. The molecule has 0 unspecified atom stereocenters. The van der Waals surface area contributed by atoms with Crippen molar-refractivity contribution in [2.24, 2.45) is 0 Å². The van der Waals surface area contributed by atoms with Gasteiger partial charge in [-0.3, -0.25) is 4.79 Å². The molecule has 0 bridgehead atoms. The van der Waals surface area contributed by atoms with E-state index in [9.17, 15) is 4.79 Å². The second-order valence-corrected chi connectivity index (χ2v) is 6.63. The van der Waals surface area contributed by atoms with Crippen LogP contribution in [0.3, 0.4) is 0 Å². The zero-order chi connectivity index (χ0) is 20.1. The van der Waals surface area contributed by atoms with Gasteiger partial charge < -0.3 is 16.0 Å². The van der Waals surface area contributed by atoms with E-state index >= 15 is 0 Å². The Kier molecular flexibility index (Phi) is 5.33. The largest absolute Gasteiger partial charge is 0.368 e. The number of benzene rings is 2. The Balaban J connectivity index is 1.61. The number of nitrogens with one attached hydrogen (secondary N) is 2. The average molecular weight is 383 g/mol. The van der Waals surface area contributed by atoms with Gasteiger partial charge in [0.1, 0.15) is 0 Å². The molecule has 0 aliphatic rings.